The van der Waals surface area contributed by atoms with Gasteiger partial charge in [0.05, 0.1) is 5.56 Å². The van der Waals surface area contributed by atoms with Gasteiger partial charge in [-0.05, 0) is 19.1 Å². The molecule has 1 aromatic carbocycles. The Morgan fingerprint density at radius 1 is 1.58 bits per heavy atom. The average molecular weight is 169 g/mol. The largest absolute Gasteiger partial charge is 0.507 e. The number of primary amides is 1. The quantitative estimate of drug-likeness (QED) is 0.657. The number of carbonyl (C=O) groups is 1. The van der Waals surface area contributed by atoms with Gasteiger partial charge < -0.3 is 10.8 Å². The van der Waals surface area contributed by atoms with Crippen molar-refractivity contribution >= 4 is 5.91 Å². The molecule has 3 N–H and O–H groups in total. The lowest BCUT2D eigenvalue weighted by atomic mass is 10.1. The number of amides is 1. The van der Waals surface area contributed by atoms with Crippen LogP contribution in [0.15, 0.2) is 12.1 Å². The molecule has 3 nitrogen and oxygen atoms in total. The molecule has 0 aromatic heterocycles. The average Bonchev–Trinajstić information content (AvgIpc) is 2.00. The van der Waals surface area contributed by atoms with Crippen molar-refractivity contribution in [1.29, 1.82) is 0 Å². The molecule has 0 heterocycles. The molecule has 0 fully saturated rings. The van der Waals surface area contributed by atoms with E-state index < -0.39 is 11.7 Å². The first-order chi connectivity index (χ1) is 5.54. The topological polar surface area (TPSA) is 63.3 Å². The van der Waals surface area contributed by atoms with Crippen LogP contribution >= 0.6 is 0 Å². The highest BCUT2D eigenvalue weighted by Crippen LogP contribution is 2.23. The maximum Gasteiger partial charge on any atom is 0.252 e. The Balaban J connectivity index is 3.36. The smallest absolute Gasteiger partial charge is 0.252 e. The minimum Gasteiger partial charge on any atom is -0.507 e. The van der Waals surface area contributed by atoms with Crippen LogP contribution in [0.2, 0.25) is 0 Å². The van der Waals surface area contributed by atoms with Gasteiger partial charge in [0, 0.05) is 5.56 Å². The second kappa shape index (κ2) is 2.81. The minimum atomic E-state index is -0.768. The first-order valence-corrected chi connectivity index (χ1v) is 3.32. The molecule has 0 radical (unpaired) electrons. The van der Waals surface area contributed by atoms with E-state index in [9.17, 15) is 14.3 Å². The van der Waals surface area contributed by atoms with Crippen molar-refractivity contribution in [3.8, 4) is 5.75 Å². The number of halogens is 1. The minimum absolute atomic E-state index is 0.0336. The van der Waals surface area contributed by atoms with E-state index in [1.54, 1.807) is 0 Å². The lowest BCUT2D eigenvalue weighted by Crippen LogP contribution is -2.11. The van der Waals surface area contributed by atoms with Crippen LogP contribution in [0.1, 0.15) is 15.9 Å². The SMILES string of the molecule is Cc1c(F)ccc(C(N)=O)c1O. The van der Waals surface area contributed by atoms with Crippen LogP contribution in [0.4, 0.5) is 4.39 Å². The first kappa shape index (κ1) is 8.52. The Kier molecular flexibility index (Phi) is 1.99. The number of hydrogen-bond acceptors (Lipinski definition) is 2. The Morgan fingerprint density at radius 3 is 2.67 bits per heavy atom. The molecule has 1 amide bonds. The Morgan fingerprint density at radius 2 is 2.17 bits per heavy atom. The van der Waals surface area contributed by atoms with Crippen molar-refractivity contribution in [1.82, 2.24) is 0 Å². The molecule has 0 saturated carbocycles. The summed E-state index contributed by atoms with van der Waals surface area (Å²) in [5.41, 5.74) is 4.88. The molecule has 12 heavy (non-hydrogen) atoms. The van der Waals surface area contributed by atoms with Crippen LogP contribution in [-0.4, -0.2) is 11.0 Å². The predicted octanol–water partition coefficient (Wildman–Crippen LogP) is 0.939. The highest BCUT2D eigenvalue weighted by atomic mass is 19.1. The number of aromatic hydroxyl groups is 1. The van der Waals surface area contributed by atoms with Gasteiger partial charge in [-0.3, -0.25) is 4.79 Å². The molecule has 0 aliphatic carbocycles. The number of benzene rings is 1. The standard InChI is InChI=1S/C8H8FNO2/c1-4-6(9)3-2-5(7(4)11)8(10)12/h2-3,11H,1H3,(H2,10,12). The maximum absolute atomic E-state index is 12.7. The zero-order chi connectivity index (χ0) is 9.30. The summed E-state index contributed by atoms with van der Waals surface area (Å²) in [6.45, 7) is 1.37. The van der Waals surface area contributed by atoms with Crippen LogP contribution < -0.4 is 5.73 Å². The van der Waals surface area contributed by atoms with Gasteiger partial charge in [0.2, 0.25) is 0 Å². The summed E-state index contributed by atoms with van der Waals surface area (Å²) in [6.07, 6.45) is 0. The fraction of sp³-hybridized carbons (Fsp3) is 0.125. The molecule has 0 bridgehead atoms. The molecule has 0 aliphatic rings. The number of carbonyl (C=O) groups excluding carboxylic acids is 1. The van der Waals surface area contributed by atoms with E-state index >= 15 is 0 Å². The molecular formula is C8H8FNO2. The van der Waals surface area contributed by atoms with Crippen molar-refractivity contribution in [3.63, 3.8) is 0 Å². The van der Waals surface area contributed by atoms with Gasteiger partial charge in [0.25, 0.3) is 5.91 Å². The molecule has 0 aliphatic heterocycles. The predicted molar refractivity (Wildman–Crippen MR) is 41.3 cm³/mol. The van der Waals surface area contributed by atoms with Crippen molar-refractivity contribution in [2.24, 2.45) is 5.73 Å². The third-order valence-corrected chi connectivity index (χ3v) is 1.63. The molecule has 1 rings (SSSR count). The summed E-state index contributed by atoms with van der Waals surface area (Å²) >= 11 is 0. The third kappa shape index (κ3) is 1.23. The van der Waals surface area contributed by atoms with Crippen molar-refractivity contribution in [2.75, 3.05) is 0 Å². The van der Waals surface area contributed by atoms with Crippen LogP contribution in [0.3, 0.4) is 0 Å². The van der Waals surface area contributed by atoms with E-state index in [1.807, 2.05) is 0 Å². The van der Waals surface area contributed by atoms with E-state index in [4.69, 9.17) is 5.73 Å². The Bertz CT molecular complexity index is 336. The van der Waals surface area contributed by atoms with Crippen LogP contribution in [0, 0.1) is 12.7 Å². The molecule has 64 valence electrons. The summed E-state index contributed by atoms with van der Waals surface area (Å²) in [6, 6.07) is 2.25. The second-order valence-electron chi connectivity index (χ2n) is 2.43. The fourth-order valence-corrected chi connectivity index (χ4v) is 0.874. The third-order valence-electron chi connectivity index (χ3n) is 1.63. The van der Waals surface area contributed by atoms with E-state index in [1.165, 1.54) is 6.92 Å². The molecular weight excluding hydrogens is 161 g/mol. The molecule has 0 saturated heterocycles. The monoisotopic (exact) mass is 169 g/mol. The second-order valence-corrected chi connectivity index (χ2v) is 2.43. The van der Waals surface area contributed by atoms with Gasteiger partial charge >= 0.3 is 0 Å². The molecule has 0 unspecified atom stereocenters. The van der Waals surface area contributed by atoms with Crippen LogP contribution in [-0.2, 0) is 0 Å². The maximum atomic E-state index is 12.7. The Labute approximate surface area is 68.6 Å². The summed E-state index contributed by atoms with van der Waals surface area (Å²) in [7, 11) is 0. The lowest BCUT2D eigenvalue weighted by Gasteiger charge is -2.03. The highest BCUT2D eigenvalue weighted by molar-refractivity contribution is 5.95. The number of nitrogens with two attached hydrogens (primary N) is 1. The van der Waals surface area contributed by atoms with Gasteiger partial charge in [0.15, 0.2) is 0 Å². The van der Waals surface area contributed by atoms with E-state index in [0.717, 1.165) is 12.1 Å². The molecule has 4 heteroatoms. The van der Waals surface area contributed by atoms with Crippen LogP contribution in [0.5, 0.6) is 5.75 Å². The van der Waals surface area contributed by atoms with Gasteiger partial charge in [-0.15, -0.1) is 0 Å². The number of phenols is 1. The van der Waals surface area contributed by atoms with Crippen LogP contribution in [0.25, 0.3) is 0 Å². The zero-order valence-electron chi connectivity index (χ0n) is 6.47. The van der Waals surface area contributed by atoms with E-state index in [0.29, 0.717) is 0 Å². The van der Waals surface area contributed by atoms with Gasteiger partial charge in [-0.1, -0.05) is 0 Å². The van der Waals surface area contributed by atoms with Gasteiger partial charge in [0.1, 0.15) is 11.6 Å². The normalized spacial score (nSPS) is 9.83. The summed E-state index contributed by atoms with van der Waals surface area (Å²) in [5, 5.41) is 9.21. The van der Waals surface area contributed by atoms with Gasteiger partial charge in [-0.2, -0.15) is 0 Å². The first-order valence-electron chi connectivity index (χ1n) is 3.32. The fourth-order valence-electron chi connectivity index (χ4n) is 0.874. The molecule has 0 spiro atoms. The summed E-state index contributed by atoms with van der Waals surface area (Å²) < 4.78 is 12.7. The van der Waals surface area contributed by atoms with Crippen molar-refractivity contribution in [3.05, 3.63) is 29.1 Å². The van der Waals surface area contributed by atoms with Crippen molar-refractivity contribution in [2.45, 2.75) is 6.92 Å². The van der Waals surface area contributed by atoms with E-state index in [-0.39, 0.29) is 16.9 Å². The Hall–Kier alpha value is -1.58. The van der Waals surface area contributed by atoms with Crippen molar-refractivity contribution < 1.29 is 14.3 Å². The number of hydrogen-bond donors (Lipinski definition) is 2. The van der Waals surface area contributed by atoms with Gasteiger partial charge in [-0.25, -0.2) is 4.39 Å². The summed E-state index contributed by atoms with van der Waals surface area (Å²) in [5.74, 6) is -1.71. The highest BCUT2D eigenvalue weighted by Gasteiger charge is 2.11. The lowest BCUT2D eigenvalue weighted by molar-refractivity contribution is 0.0997. The molecule has 1 aromatic rings. The number of rotatable bonds is 1. The van der Waals surface area contributed by atoms with E-state index in [2.05, 4.69) is 0 Å². The molecule has 0 atom stereocenters. The summed E-state index contributed by atoms with van der Waals surface area (Å²) in [4.78, 5) is 10.6. The zero-order valence-corrected chi connectivity index (χ0v) is 6.47.